The van der Waals surface area contributed by atoms with Crippen molar-refractivity contribution in [1.29, 1.82) is 0 Å². The minimum Gasteiger partial charge on any atom is -0.225 e. The number of benzene rings is 1. The second-order valence-corrected chi connectivity index (χ2v) is 7.69. The lowest BCUT2D eigenvalue weighted by molar-refractivity contribution is 0.597. The maximum Gasteiger partial charge on any atom is 0.238 e. The van der Waals surface area contributed by atoms with Crippen LogP contribution in [0.3, 0.4) is 0 Å². The van der Waals surface area contributed by atoms with E-state index in [2.05, 4.69) is 20.8 Å². The molecule has 1 rings (SSSR count). The molecule has 0 aliphatic carbocycles. The molecule has 0 aromatic heterocycles. The second kappa shape index (κ2) is 4.15. The second-order valence-electron chi connectivity index (χ2n) is 4.23. The molecular formula is C10H15NO2S2. The highest BCUT2D eigenvalue weighted by Gasteiger charge is 2.13. The monoisotopic (exact) mass is 245 g/mol. The number of hydrogen-bond donors (Lipinski definition) is 1. The van der Waals surface area contributed by atoms with Gasteiger partial charge >= 0.3 is 0 Å². The predicted molar refractivity (Wildman–Crippen MR) is 63.4 cm³/mol. The van der Waals surface area contributed by atoms with Crippen LogP contribution >= 0.6 is 11.8 Å². The van der Waals surface area contributed by atoms with Gasteiger partial charge in [0.05, 0.1) is 4.90 Å². The average Bonchev–Trinajstić information content (AvgIpc) is 2.00. The molecule has 0 atom stereocenters. The SMILES string of the molecule is CC(C)(C)Sc1ccc(S(N)(=O)=O)cc1. The zero-order valence-electron chi connectivity index (χ0n) is 9.02. The van der Waals surface area contributed by atoms with Crippen LogP contribution < -0.4 is 5.14 Å². The van der Waals surface area contributed by atoms with Crippen LogP contribution in [0.5, 0.6) is 0 Å². The molecule has 3 nitrogen and oxygen atoms in total. The third-order valence-electron chi connectivity index (χ3n) is 1.58. The van der Waals surface area contributed by atoms with Gasteiger partial charge in [-0.25, -0.2) is 13.6 Å². The minimum absolute atomic E-state index is 0.114. The quantitative estimate of drug-likeness (QED) is 0.813. The normalized spacial score (nSPS) is 12.8. The molecule has 1 aromatic carbocycles. The maximum atomic E-state index is 11.0. The van der Waals surface area contributed by atoms with Crippen LogP contribution in [0.2, 0.25) is 0 Å². The van der Waals surface area contributed by atoms with Gasteiger partial charge in [0, 0.05) is 9.64 Å². The van der Waals surface area contributed by atoms with Gasteiger partial charge in [0.2, 0.25) is 10.0 Å². The molecule has 0 radical (unpaired) electrons. The summed E-state index contributed by atoms with van der Waals surface area (Å²) in [4.78, 5) is 1.19. The lowest BCUT2D eigenvalue weighted by Gasteiger charge is -2.17. The highest BCUT2D eigenvalue weighted by atomic mass is 32.2. The maximum absolute atomic E-state index is 11.0. The van der Waals surface area contributed by atoms with Crippen LogP contribution in [-0.2, 0) is 10.0 Å². The Balaban J connectivity index is 2.92. The summed E-state index contributed by atoms with van der Waals surface area (Å²) in [6.07, 6.45) is 0. The first-order valence-electron chi connectivity index (χ1n) is 4.50. The van der Waals surface area contributed by atoms with Crippen molar-refractivity contribution < 1.29 is 8.42 Å². The summed E-state index contributed by atoms with van der Waals surface area (Å²) in [5.74, 6) is 0. The molecule has 84 valence electrons. The standard InChI is InChI=1S/C10H15NO2S2/c1-10(2,3)14-8-4-6-9(7-5-8)15(11,12)13/h4-7H,1-3H3,(H2,11,12,13). The molecule has 0 spiro atoms. The Morgan fingerprint density at radius 1 is 1.13 bits per heavy atom. The van der Waals surface area contributed by atoms with Crippen molar-refractivity contribution in [2.75, 3.05) is 0 Å². The Morgan fingerprint density at radius 3 is 1.93 bits per heavy atom. The Kier molecular flexibility index (Phi) is 3.48. The number of sulfonamides is 1. The van der Waals surface area contributed by atoms with Crippen molar-refractivity contribution in [3.05, 3.63) is 24.3 Å². The van der Waals surface area contributed by atoms with Gasteiger partial charge in [-0.3, -0.25) is 0 Å². The van der Waals surface area contributed by atoms with Gasteiger partial charge in [0.25, 0.3) is 0 Å². The van der Waals surface area contributed by atoms with Crippen LogP contribution in [0.1, 0.15) is 20.8 Å². The number of nitrogens with two attached hydrogens (primary N) is 1. The molecule has 0 heterocycles. The molecule has 15 heavy (non-hydrogen) atoms. The summed E-state index contributed by atoms with van der Waals surface area (Å²) in [7, 11) is -3.57. The smallest absolute Gasteiger partial charge is 0.225 e. The summed E-state index contributed by atoms with van der Waals surface area (Å²) in [5.41, 5.74) is 0. The van der Waals surface area contributed by atoms with Crippen LogP contribution in [0.4, 0.5) is 0 Å². The van der Waals surface area contributed by atoms with Gasteiger partial charge in [0.15, 0.2) is 0 Å². The van der Waals surface area contributed by atoms with Gasteiger partial charge in [0.1, 0.15) is 0 Å². The highest BCUT2D eigenvalue weighted by molar-refractivity contribution is 8.00. The Bertz CT molecular complexity index is 429. The van der Waals surface area contributed by atoms with Gasteiger partial charge in [-0.2, -0.15) is 0 Å². The van der Waals surface area contributed by atoms with Crippen molar-refractivity contribution in [1.82, 2.24) is 0 Å². The molecule has 0 saturated heterocycles. The number of rotatable bonds is 2. The van der Waals surface area contributed by atoms with Crippen LogP contribution in [0, 0.1) is 0 Å². The molecule has 0 saturated carbocycles. The van der Waals surface area contributed by atoms with E-state index in [-0.39, 0.29) is 9.64 Å². The van der Waals surface area contributed by atoms with Gasteiger partial charge in [-0.15, -0.1) is 11.8 Å². The zero-order chi connectivity index (χ0) is 11.7. The largest absolute Gasteiger partial charge is 0.238 e. The van der Waals surface area contributed by atoms with Crippen molar-refractivity contribution in [3.8, 4) is 0 Å². The number of hydrogen-bond acceptors (Lipinski definition) is 3. The number of primary sulfonamides is 1. The lowest BCUT2D eigenvalue weighted by atomic mass is 10.3. The van der Waals surface area contributed by atoms with E-state index in [1.807, 2.05) is 0 Å². The van der Waals surface area contributed by atoms with E-state index in [4.69, 9.17) is 5.14 Å². The summed E-state index contributed by atoms with van der Waals surface area (Å²) in [6, 6.07) is 6.61. The fourth-order valence-electron chi connectivity index (χ4n) is 1.05. The summed E-state index contributed by atoms with van der Waals surface area (Å²) in [5, 5.41) is 5.00. The van der Waals surface area contributed by atoms with Crippen LogP contribution in [0.25, 0.3) is 0 Å². The van der Waals surface area contributed by atoms with E-state index >= 15 is 0 Å². The first-order valence-corrected chi connectivity index (χ1v) is 6.87. The van der Waals surface area contributed by atoms with Crippen molar-refractivity contribution in [2.45, 2.75) is 35.3 Å². The Morgan fingerprint density at radius 2 is 1.60 bits per heavy atom. The Hall–Kier alpha value is -0.520. The van der Waals surface area contributed by atoms with E-state index in [1.165, 1.54) is 12.1 Å². The third kappa shape index (κ3) is 4.24. The summed E-state index contributed by atoms with van der Waals surface area (Å²) in [6.45, 7) is 6.31. The number of thioether (sulfide) groups is 1. The fourth-order valence-corrected chi connectivity index (χ4v) is 2.55. The first-order chi connectivity index (χ1) is 6.68. The van der Waals surface area contributed by atoms with Crippen molar-refractivity contribution in [2.24, 2.45) is 5.14 Å². The summed E-state index contributed by atoms with van der Waals surface area (Å²) >= 11 is 1.68. The summed E-state index contributed by atoms with van der Waals surface area (Å²) < 4.78 is 22.1. The zero-order valence-corrected chi connectivity index (χ0v) is 10.7. The first kappa shape index (κ1) is 12.5. The Labute approximate surface area is 95.1 Å². The van der Waals surface area contributed by atoms with E-state index in [0.717, 1.165) is 4.90 Å². The highest BCUT2D eigenvalue weighted by Crippen LogP contribution is 2.31. The van der Waals surface area contributed by atoms with E-state index < -0.39 is 10.0 Å². The molecule has 0 amide bonds. The molecule has 0 bridgehead atoms. The van der Waals surface area contributed by atoms with Gasteiger partial charge < -0.3 is 0 Å². The molecule has 1 aromatic rings. The molecule has 0 fully saturated rings. The topological polar surface area (TPSA) is 60.2 Å². The lowest BCUT2D eigenvalue weighted by Crippen LogP contribution is -2.12. The van der Waals surface area contributed by atoms with Gasteiger partial charge in [-0.05, 0) is 24.3 Å². The molecule has 0 aliphatic heterocycles. The molecular weight excluding hydrogens is 230 g/mol. The molecule has 2 N–H and O–H groups in total. The average molecular weight is 245 g/mol. The van der Waals surface area contributed by atoms with E-state index in [9.17, 15) is 8.42 Å². The third-order valence-corrected chi connectivity index (χ3v) is 3.63. The fraction of sp³-hybridized carbons (Fsp3) is 0.400. The van der Waals surface area contributed by atoms with Crippen LogP contribution in [-0.4, -0.2) is 13.2 Å². The van der Waals surface area contributed by atoms with Crippen LogP contribution in [0.15, 0.2) is 34.1 Å². The van der Waals surface area contributed by atoms with E-state index in [0.29, 0.717) is 0 Å². The van der Waals surface area contributed by atoms with Crippen molar-refractivity contribution >= 4 is 21.8 Å². The van der Waals surface area contributed by atoms with E-state index in [1.54, 1.807) is 23.9 Å². The minimum atomic E-state index is -3.57. The van der Waals surface area contributed by atoms with Gasteiger partial charge in [-0.1, -0.05) is 20.8 Å². The van der Waals surface area contributed by atoms with Crippen molar-refractivity contribution in [3.63, 3.8) is 0 Å². The molecule has 5 heteroatoms. The molecule has 0 aliphatic rings. The predicted octanol–water partition coefficient (Wildman–Crippen LogP) is 2.22. The molecule has 0 unspecified atom stereocenters.